The van der Waals surface area contributed by atoms with E-state index in [1.807, 2.05) is 43.3 Å². The van der Waals surface area contributed by atoms with Crippen LogP contribution in [-0.4, -0.2) is 18.0 Å². The van der Waals surface area contributed by atoms with E-state index in [0.29, 0.717) is 5.56 Å². The summed E-state index contributed by atoms with van der Waals surface area (Å²) in [4.78, 5) is 27.0. The normalized spacial score (nSPS) is 15.2. The molecule has 1 aliphatic rings. The lowest BCUT2D eigenvalue weighted by atomic mass is 10.1. The molecule has 4 rings (SSSR count). The van der Waals surface area contributed by atoms with Crippen LogP contribution >= 0.6 is 0 Å². The summed E-state index contributed by atoms with van der Waals surface area (Å²) in [5, 5.41) is 5.07. The molecule has 0 radical (unpaired) electrons. The molecule has 3 aromatic rings. The van der Waals surface area contributed by atoms with E-state index in [0.717, 1.165) is 35.4 Å². The van der Waals surface area contributed by atoms with Crippen molar-refractivity contribution in [3.05, 3.63) is 95.1 Å². The van der Waals surface area contributed by atoms with Crippen LogP contribution in [-0.2, 0) is 19.1 Å². The van der Waals surface area contributed by atoms with Crippen molar-refractivity contribution in [1.82, 2.24) is 5.32 Å². The Balaban J connectivity index is 1.44. The lowest BCUT2D eigenvalue weighted by Crippen LogP contribution is -2.35. The van der Waals surface area contributed by atoms with E-state index in [2.05, 4.69) is 10.6 Å². The summed E-state index contributed by atoms with van der Waals surface area (Å²) < 4.78 is 38.6. The van der Waals surface area contributed by atoms with Gasteiger partial charge >= 0.3 is 12.2 Å². The Labute approximate surface area is 189 Å². The van der Waals surface area contributed by atoms with E-state index < -0.39 is 17.8 Å². The number of anilines is 2. The number of carbonyl (C=O) groups is 2. The summed E-state index contributed by atoms with van der Waals surface area (Å²) in [6.45, 7) is 2.14. The molecule has 0 bridgehead atoms. The summed E-state index contributed by atoms with van der Waals surface area (Å²) in [5.41, 5.74) is 2.42. The number of halogens is 3. The number of amides is 3. The molecular formula is C25H22F3N3O2. The first-order chi connectivity index (χ1) is 15.7. The fraction of sp³-hybridized carbons (Fsp3) is 0.200. The summed E-state index contributed by atoms with van der Waals surface area (Å²) >= 11 is 0. The van der Waals surface area contributed by atoms with E-state index in [1.54, 1.807) is 17.0 Å². The van der Waals surface area contributed by atoms with Crippen LogP contribution in [0.1, 0.15) is 34.0 Å². The number of benzene rings is 3. The minimum Gasteiger partial charge on any atom is -0.334 e. The quantitative estimate of drug-likeness (QED) is 0.539. The SMILES string of the molecule is C[C@H]1Cc2ccc(CNC(=O)Nc3cccc(C(F)(F)F)c3)cc2N1C(=O)c1ccccc1. The number of hydrogen-bond donors (Lipinski definition) is 2. The Morgan fingerprint density at radius 1 is 1.00 bits per heavy atom. The van der Waals surface area contributed by atoms with Crippen LogP contribution in [0.4, 0.5) is 29.3 Å². The zero-order chi connectivity index (χ0) is 23.6. The van der Waals surface area contributed by atoms with Crippen LogP contribution in [0.3, 0.4) is 0 Å². The fourth-order valence-corrected chi connectivity index (χ4v) is 3.92. The molecule has 33 heavy (non-hydrogen) atoms. The maximum absolute atomic E-state index is 13.1. The van der Waals surface area contributed by atoms with Gasteiger partial charge in [-0.15, -0.1) is 0 Å². The molecule has 0 unspecified atom stereocenters. The van der Waals surface area contributed by atoms with Crippen LogP contribution in [0.15, 0.2) is 72.8 Å². The van der Waals surface area contributed by atoms with Gasteiger partial charge in [0.1, 0.15) is 0 Å². The lowest BCUT2D eigenvalue weighted by Gasteiger charge is -2.23. The van der Waals surface area contributed by atoms with Crippen LogP contribution in [0, 0.1) is 0 Å². The predicted octanol–water partition coefficient (Wildman–Crippen LogP) is 5.62. The van der Waals surface area contributed by atoms with Gasteiger partial charge in [-0.05, 0) is 60.9 Å². The second-order valence-electron chi connectivity index (χ2n) is 7.94. The van der Waals surface area contributed by atoms with Gasteiger partial charge in [-0.2, -0.15) is 13.2 Å². The molecule has 3 amide bonds. The van der Waals surface area contributed by atoms with Gasteiger partial charge in [0.2, 0.25) is 0 Å². The minimum atomic E-state index is -4.49. The van der Waals surface area contributed by atoms with Crippen molar-refractivity contribution in [1.29, 1.82) is 0 Å². The second kappa shape index (κ2) is 8.97. The summed E-state index contributed by atoms with van der Waals surface area (Å²) in [7, 11) is 0. The maximum atomic E-state index is 13.1. The van der Waals surface area contributed by atoms with Crippen LogP contribution in [0.25, 0.3) is 0 Å². The Kier molecular flexibility index (Phi) is 6.09. The van der Waals surface area contributed by atoms with E-state index in [4.69, 9.17) is 0 Å². The van der Waals surface area contributed by atoms with Crippen molar-refractivity contribution in [3.63, 3.8) is 0 Å². The Morgan fingerprint density at radius 2 is 1.76 bits per heavy atom. The fourth-order valence-electron chi connectivity index (χ4n) is 3.92. The third-order valence-corrected chi connectivity index (χ3v) is 5.51. The van der Waals surface area contributed by atoms with Gasteiger partial charge in [0.25, 0.3) is 5.91 Å². The molecule has 0 saturated carbocycles. The summed E-state index contributed by atoms with van der Waals surface area (Å²) in [5.74, 6) is -0.0887. The molecule has 3 aromatic carbocycles. The van der Waals surface area contributed by atoms with Gasteiger partial charge in [0, 0.05) is 29.5 Å². The molecular weight excluding hydrogens is 431 g/mol. The number of urea groups is 1. The summed E-state index contributed by atoms with van der Waals surface area (Å²) in [6.07, 6.45) is -3.75. The first-order valence-electron chi connectivity index (χ1n) is 10.4. The molecule has 1 atom stereocenters. The van der Waals surface area contributed by atoms with Crippen LogP contribution < -0.4 is 15.5 Å². The number of nitrogens with zero attached hydrogens (tertiary/aromatic N) is 1. The number of fused-ring (bicyclic) bond motifs is 1. The number of rotatable bonds is 4. The molecule has 0 aliphatic carbocycles. The van der Waals surface area contributed by atoms with E-state index in [9.17, 15) is 22.8 Å². The van der Waals surface area contributed by atoms with Gasteiger partial charge < -0.3 is 15.5 Å². The van der Waals surface area contributed by atoms with Crippen molar-refractivity contribution in [2.24, 2.45) is 0 Å². The molecule has 5 nitrogen and oxygen atoms in total. The van der Waals surface area contributed by atoms with Gasteiger partial charge in [-0.25, -0.2) is 4.79 Å². The topological polar surface area (TPSA) is 61.4 Å². The van der Waals surface area contributed by atoms with Crippen molar-refractivity contribution in [2.75, 3.05) is 10.2 Å². The molecule has 170 valence electrons. The molecule has 2 N–H and O–H groups in total. The maximum Gasteiger partial charge on any atom is 0.416 e. The molecule has 1 aliphatic heterocycles. The molecule has 8 heteroatoms. The standard InChI is InChI=1S/C25H22F3N3O2/c1-16-12-19-11-10-17(13-22(19)31(16)23(32)18-6-3-2-4-7-18)15-29-24(33)30-21-9-5-8-20(14-21)25(26,27)28/h2-11,13-14,16H,12,15H2,1H3,(H2,29,30,33)/t16-/m0/s1. The largest absolute Gasteiger partial charge is 0.416 e. The van der Waals surface area contributed by atoms with Crippen molar-refractivity contribution >= 4 is 23.3 Å². The average molecular weight is 453 g/mol. The van der Waals surface area contributed by atoms with E-state index >= 15 is 0 Å². The summed E-state index contributed by atoms with van der Waals surface area (Å²) in [6, 6.07) is 18.5. The number of carbonyl (C=O) groups excluding carboxylic acids is 2. The molecule has 0 fully saturated rings. The third kappa shape index (κ3) is 5.00. The highest BCUT2D eigenvalue weighted by Gasteiger charge is 2.32. The second-order valence-corrected chi connectivity index (χ2v) is 7.94. The smallest absolute Gasteiger partial charge is 0.334 e. The first kappa shape index (κ1) is 22.4. The molecule has 0 spiro atoms. The average Bonchev–Trinajstić information content (AvgIpc) is 3.12. The number of hydrogen-bond acceptors (Lipinski definition) is 2. The van der Waals surface area contributed by atoms with Crippen molar-refractivity contribution in [2.45, 2.75) is 32.1 Å². The highest BCUT2D eigenvalue weighted by Crippen LogP contribution is 2.34. The third-order valence-electron chi connectivity index (χ3n) is 5.51. The molecule has 1 heterocycles. The lowest BCUT2D eigenvalue weighted by molar-refractivity contribution is -0.137. The Morgan fingerprint density at radius 3 is 2.48 bits per heavy atom. The Hall–Kier alpha value is -3.81. The first-order valence-corrected chi connectivity index (χ1v) is 10.4. The predicted molar refractivity (Wildman–Crippen MR) is 120 cm³/mol. The van der Waals surface area contributed by atoms with E-state index in [1.165, 1.54) is 12.1 Å². The Bertz CT molecular complexity index is 1180. The van der Waals surface area contributed by atoms with Crippen molar-refractivity contribution < 1.29 is 22.8 Å². The van der Waals surface area contributed by atoms with E-state index in [-0.39, 0.29) is 24.2 Å². The zero-order valence-corrected chi connectivity index (χ0v) is 17.8. The number of nitrogens with one attached hydrogen (secondary N) is 2. The minimum absolute atomic E-state index is 0.000114. The van der Waals surface area contributed by atoms with Crippen LogP contribution in [0.2, 0.25) is 0 Å². The van der Waals surface area contributed by atoms with Gasteiger partial charge in [0.05, 0.1) is 5.56 Å². The highest BCUT2D eigenvalue weighted by atomic mass is 19.4. The highest BCUT2D eigenvalue weighted by molar-refractivity contribution is 6.07. The van der Waals surface area contributed by atoms with Crippen LogP contribution in [0.5, 0.6) is 0 Å². The monoisotopic (exact) mass is 453 g/mol. The van der Waals surface area contributed by atoms with Gasteiger partial charge in [-0.1, -0.05) is 36.4 Å². The zero-order valence-electron chi connectivity index (χ0n) is 17.8. The molecule has 0 aromatic heterocycles. The van der Waals surface area contributed by atoms with Gasteiger partial charge in [0.15, 0.2) is 0 Å². The van der Waals surface area contributed by atoms with Gasteiger partial charge in [-0.3, -0.25) is 4.79 Å². The van der Waals surface area contributed by atoms with Crippen molar-refractivity contribution in [3.8, 4) is 0 Å². The number of alkyl halides is 3. The molecule has 0 saturated heterocycles.